The van der Waals surface area contributed by atoms with E-state index in [2.05, 4.69) is 21.3 Å². The molecule has 0 spiro atoms. The van der Waals surface area contributed by atoms with Crippen LogP contribution in [0, 0.1) is 30.3 Å². The van der Waals surface area contributed by atoms with Gasteiger partial charge in [-0.15, -0.1) is 16.0 Å². The first-order chi connectivity index (χ1) is 11.2. The average molecular weight is 390 g/mol. The zero-order valence-corrected chi connectivity index (χ0v) is 14.5. The molecule has 1 heterocycles. The molecule has 0 unspecified atom stereocenters. The second kappa shape index (κ2) is 37.6. The maximum Gasteiger partial charge on any atom is 3.00 e. The number of hydrogen-bond donors (Lipinski definition) is 4. The first-order valence-corrected chi connectivity index (χ1v) is 6.92. The molecule has 13 nitrogen and oxygen atoms in total. The molecule has 1 saturated heterocycles. The zero-order chi connectivity index (χ0) is 18.0. The van der Waals surface area contributed by atoms with Gasteiger partial charge >= 0.3 is 17.4 Å². The largest absolute Gasteiger partial charge is 3.00 e. The van der Waals surface area contributed by atoms with Crippen molar-refractivity contribution in [3.63, 3.8) is 0 Å². The molecular weight excluding hydrogens is 366 g/mol. The molecule has 0 aliphatic carbocycles. The van der Waals surface area contributed by atoms with Crippen molar-refractivity contribution in [2.24, 2.45) is 16.0 Å². The molecule has 1 aliphatic rings. The Kier molecular flexibility index (Phi) is 47.8. The molecule has 0 bridgehead atoms. The van der Waals surface area contributed by atoms with Gasteiger partial charge in [0.05, 0.1) is 0 Å². The van der Waals surface area contributed by atoms with E-state index in [1.165, 1.54) is 12.8 Å². The van der Waals surface area contributed by atoms with Crippen LogP contribution >= 0.6 is 0 Å². The Bertz CT molecular complexity index is 176. The molecule has 1 fully saturated rings. The maximum atomic E-state index is 8.00. The Labute approximate surface area is 150 Å². The van der Waals surface area contributed by atoms with E-state index in [4.69, 9.17) is 30.3 Å². The summed E-state index contributed by atoms with van der Waals surface area (Å²) in [6.07, 6.45) is 2.44. The van der Waals surface area contributed by atoms with Crippen LogP contribution in [0.25, 0.3) is 0 Å². The molecule has 1 aliphatic heterocycles. The van der Waals surface area contributed by atoms with E-state index < -0.39 is 0 Å². The van der Waals surface area contributed by atoms with Crippen LogP contribution in [0.5, 0.6) is 0 Å². The fourth-order valence-corrected chi connectivity index (χ4v) is 1.53. The Hall–Kier alpha value is -1.43. The van der Waals surface area contributed by atoms with E-state index >= 15 is 0 Å². The minimum atomic E-state index is 0. The normalized spacial score (nSPS) is 15.5. The molecule has 14 heteroatoms. The van der Waals surface area contributed by atoms with Crippen molar-refractivity contribution in [1.82, 2.24) is 21.3 Å². The summed E-state index contributed by atoms with van der Waals surface area (Å²) in [4.78, 5) is 24.0. The maximum absolute atomic E-state index is 8.00. The van der Waals surface area contributed by atoms with Gasteiger partial charge in [-0.3, -0.25) is 0 Å². The summed E-state index contributed by atoms with van der Waals surface area (Å²) in [5, 5.41) is 40.7. The van der Waals surface area contributed by atoms with Crippen molar-refractivity contribution in [2.75, 3.05) is 52.4 Å². The monoisotopic (exact) mass is 390 g/mol. The fraction of sp³-hybridized carbons (Fsp3) is 1.00. The summed E-state index contributed by atoms with van der Waals surface area (Å²) in [6, 6.07) is 0. The van der Waals surface area contributed by atoms with Gasteiger partial charge in [0.15, 0.2) is 0 Å². The van der Waals surface area contributed by atoms with Gasteiger partial charge in [-0.05, 0) is 39.0 Å². The van der Waals surface area contributed by atoms with E-state index in [0.717, 1.165) is 68.4 Å². The van der Waals surface area contributed by atoms with Crippen LogP contribution in [0.1, 0.15) is 12.8 Å². The SMILES string of the molecule is C1CNCCNCCCNCCNC1.O=N[O-].O=N[O-].O=N[O-].[Cr+3]. The van der Waals surface area contributed by atoms with Crippen molar-refractivity contribution < 1.29 is 17.4 Å². The van der Waals surface area contributed by atoms with E-state index in [0.29, 0.717) is 0 Å². The second-order valence-corrected chi connectivity index (χ2v) is 3.93. The van der Waals surface area contributed by atoms with Crippen LogP contribution in [0.15, 0.2) is 16.0 Å². The predicted molar refractivity (Wildman–Crippen MR) is 88.2 cm³/mol. The van der Waals surface area contributed by atoms with Crippen molar-refractivity contribution in [1.29, 1.82) is 0 Å². The van der Waals surface area contributed by atoms with Crippen molar-refractivity contribution in [2.45, 2.75) is 12.8 Å². The van der Waals surface area contributed by atoms with E-state index in [-0.39, 0.29) is 17.4 Å². The van der Waals surface area contributed by atoms with Gasteiger partial charge in [0.1, 0.15) is 0 Å². The standard InChI is InChI=1S/C10H24N4.Cr.3HNO2/c1-3-11-7-9-13-5-2-6-14-10-8-12-4-1;;3*2-1-3/h11-14H,1-10H2;;3*(H,2,3)/q;+3;;;/p-3. The number of nitrogens with one attached hydrogen (secondary N) is 4. The summed E-state index contributed by atoms with van der Waals surface area (Å²) in [7, 11) is 0. The van der Waals surface area contributed by atoms with Gasteiger partial charge in [0.25, 0.3) is 0 Å². The van der Waals surface area contributed by atoms with Crippen molar-refractivity contribution >= 4 is 0 Å². The minimum Gasteiger partial charge on any atom is -0.444 e. The van der Waals surface area contributed by atoms with Crippen molar-refractivity contribution in [3.05, 3.63) is 30.3 Å². The number of hydrogen-bond acceptors (Lipinski definition) is 13. The predicted octanol–water partition coefficient (Wildman–Crippen LogP) is -0.112. The summed E-state index contributed by atoms with van der Waals surface area (Å²) < 4.78 is 0. The van der Waals surface area contributed by atoms with Gasteiger partial charge in [0.2, 0.25) is 0 Å². The molecule has 0 saturated carbocycles. The zero-order valence-electron chi connectivity index (χ0n) is 13.3. The molecule has 0 amide bonds. The molecule has 4 N–H and O–H groups in total. The minimum absolute atomic E-state index is 0. The third kappa shape index (κ3) is 49.9. The van der Waals surface area contributed by atoms with E-state index in [1.54, 1.807) is 0 Å². The van der Waals surface area contributed by atoms with Gasteiger partial charge in [-0.2, -0.15) is 0 Å². The molecule has 24 heavy (non-hydrogen) atoms. The molecule has 1 radical (unpaired) electrons. The summed E-state index contributed by atoms with van der Waals surface area (Å²) >= 11 is 0. The number of nitrogens with zero attached hydrogens (tertiary/aromatic N) is 3. The van der Waals surface area contributed by atoms with Gasteiger partial charge < -0.3 is 51.6 Å². The molecular formula is C10H24CrN7O6. The second-order valence-electron chi connectivity index (χ2n) is 3.93. The van der Waals surface area contributed by atoms with Crippen LogP contribution in [0.3, 0.4) is 0 Å². The first kappa shape index (κ1) is 30.5. The fourth-order valence-electron chi connectivity index (χ4n) is 1.53. The van der Waals surface area contributed by atoms with Gasteiger partial charge in [-0.25, -0.2) is 0 Å². The average Bonchev–Trinajstić information content (AvgIpc) is 2.52. The molecule has 0 aromatic rings. The molecule has 0 aromatic carbocycles. The Morgan fingerprint density at radius 3 is 0.833 bits per heavy atom. The smallest absolute Gasteiger partial charge is 0.444 e. The van der Waals surface area contributed by atoms with E-state index in [1.807, 2.05) is 0 Å². The van der Waals surface area contributed by atoms with Crippen LogP contribution in [-0.4, -0.2) is 52.4 Å². The third-order valence-electron chi connectivity index (χ3n) is 2.37. The molecule has 141 valence electrons. The Balaban J connectivity index is -0.000000169. The van der Waals surface area contributed by atoms with Crippen LogP contribution in [0.4, 0.5) is 0 Å². The van der Waals surface area contributed by atoms with Crippen LogP contribution in [0.2, 0.25) is 0 Å². The van der Waals surface area contributed by atoms with Crippen LogP contribution < -0.4 is 21.3 Å². The molecule has 1 rings (SSSR count). The van der Waals surface area contributed by atoms with E-state index in [9.17, 15) is 0 Å². The van der Waals surface area contributed by atoms with Crippen molar-refractivity contribution in [3.8, 4) is 0 Å². The topological polar surface area (TPSA) is 206 Å². The summed E-state index contributed by atoms with van der Waals surface area (Å²) in [5.74, 6) is 0. The number of rotatable bonds is 0. The Morgan fingerprint density at radius 1 is 0.500 bits per heavy atom. The quantitative estimate of drug-likeness (QED) is 0.319. The van der Waals surface area contributed by atoms with Gasteiger partial charge in [-0.1, -0.05) is 0 Å². The third-order valence-corrected chi connectivity index (χ3v) is 2.37. The Morgan fingerprint density at radius 2 is 0.667 bits per heavy atom. The first-order valence-electron chi connectivity index (χ1n) is 6.92. The van der Waals surface area contributed by atoms with Crippen LogP contribution in [-0.2, 0) is 17.4 Å². The summed E-state index contributed by atoms with van der Waals surface area (Å²) in [6.45, 7) is 8.87. The van der Waals surface area contributed by atoms with Gasteiger partial charge in [0, 0.05) is 26.2 Å². The summed E-state index contributed by atoms with van der Waals surface area (Å²) in [5.41, 5.74) is 0. The molecule has 0 aromatic heterocycles. The molecule has 0 atom stereocenters.